The van der Waals surface area contributed by atoms with Gasteiger partial charge in [0.25, 0.3) is 0 Å². The van der Waals surface area contributed by atoms with Gasteiger partial charge in [0.05, 0.1) is 11.9 Å². The van der Waals surface area contributed by atoms with Gasteiger partial charge >= 0.3 is 0 Å². The molecular weight excluding hydrogens is 232 g/mol. The maximum Gasteiger partial charge on any atom is 0.0674 e. The summed E-state index contributed by atoms with van der Waals surface area (Å²) >= 11 is 0. The predicted molar refractivity (Wildman–Crippen MR) is 78.5 cm³/mol. The smallest absolute Gasteiger partial charge is 0.0674 e. The zero-order valence-electron chi connectivity index (χ0n) is 11.2. The maximum atomic E-state index is 4.48. The van der Waals surface area contributed by atoms with E-state index in [9.17, 15) is 0 Å². The Hall–Kier alpha value is -2.35. The van der Waals surface area contributed by atoms with Crippen LogP contribution in [0.2, 0.25) is 0 Å². The van der Waals surface area contributed by atoms with Crippen LogP contribution in [0, 0.1) is 13.8 Å². The van der Waals surface area contributed by atoms with Crippen molar-refractivity contribution in [3.05, 3.63) is 72.1 Å². The van der Waals surface area contributed by atoms with E-state index >= 15 is 0 Å². The molecule has 0 aliphatic heterocycles. The third kappa shape index (κ3) is 2.17. The monoisotopic (exact) mass is 248 g/mol. The van der Waals surface area contributed by atoms with E-state index < -0.39 is 0 Å². The molecule has 0 saturated carbocycles. The molecule has 2 aromatic carbocycles. The number of nitrogens with zero attached hydrogens (tertiary/aromatic N) is 2. The fraction of sp³-hybridized carbons (Fsp3) is 0.118. The van der Waals surface area contributed by atoms with Gasteiger partial charge in [-0.25, -0.2) is 4.68 Å². The quantitative estimate of drug-likeness (QED) is 0.666. The molecule has 0 amide bonds. The lowest BCUT2D eigenvalue weighted by atomic mass is 10.0. The second kappa shape index (κ2) is 4.73. The zero-order chi connectivity index (χ0) is 13.2. The van der Waals surface area contributed by atoms with Crippen LogP contribution in [0.1, 0.15) is 11.1 Å². The molecule has 0 radical (unpaired) electrons. The van der Waals surface area contributed by atoms with Crippen molar-refractivity contribution in [2.75, 3.05) is 0 Å². The zero-order valence-corrected chi connectivity index (χ0v) is 11.2. The Morgan fingerprint density at radius 1 is 0.842 bits per heavy atom. The van der Waals surface area contributed by atoms with Crippen molar-refractivity contribution in [3.63, 3.8) is 0 Å². The molecule has 0 aliphatic rings. The number of rotatable bonds is 2. The van der Waals surface area contributed by atoms with Gasteiger partial charge in [0.15, 0.2) is 0 Å². The third-order valence-corrected chi connectivity index (χ3v) is 3.40. The van der Waals surface area contributed by atoms with E-state index in [-0.39, 0.29) is 0 Å². The van der Waals surface area contributed by atoms with Gasteiger partial charge in [-0.3, -0.25) is 0 Å². The van der Waals surface area contributed by atoms with Gasteiger partial charge in [0, 0.05) is 11.8 Å². The van der Waals surface area contributed by atoms with Crippen molar-refractivity contribution in [2.45, 2.75) is 13.8 Å². The Kier molecular flexibility index (Phi) is 2.92. The van der Waals surface area contributed by atoms with Gasteiger partial charge in [-0.15, -0.1) is 0 Å². The summed E-state index contributed by atoms with van der Waals surface area (Å²) < 4.78 is 1.94. The average molecular weight is 248 g/mol. The number of para-hydroxylation sites is 1. The Labute approximate surface area is 113 Å². The first-order valence-electron chi connectivity index (χ1n) is 6.42. The van der Waals surface area contributed by atoms with Crippen LogP contribution in [0.3, 0.4) is 0 Å². The van der Waals surface area contributed by atoms with Crippen LogP contribution >= 0.6 is 0 Å². The van der Waals surface area contributed by atoms with Gasteiger partial charge in [0.1, 0.15) is 0 Å². The van der Waals surface area contributed by atoms with Crippen molar-refractivity contribution in [2.24, 2.45) is 0 Å². The Bertz CT molecular complexity index is 651. The standard InChI is InChI=1S/C17H16N2/c1-13-7-3-5-9-16(13)15-11-18-19(12-15)17-10-6-4-8-14(17)2/h3-12H,1-2H3. The maximum absolute atomic E-state index is 4.48. The van der Waals surface area contributed by atoms with Crippen LogP contribution in [0.4, 0.5) is 0 Å². The van der Waals surface area contributed by atoms with Crippen molar-refractivity contribution in [1.82, 2.24) is 9.78 Å². The van der Waals surface area contributed by atoms with E-state index in [1.54, 1.807) is 0 Å². The highest BCUT2D eigenvalue weighted by molar-refractivity contribution is 5.66. The molecule has 0 fully saturated rings. The molecule has 0 N–H and O–H groups in total. The molecule has 94 valence electrons. The second-order valence-electron chi connectivity index (χ2n) is 4.77. The lowest BCUT2D eigenvalue weighted by molar-refractivity contribution is 0.873. The van der Waals surface area contributed by atoms with Crippen molar-refractivity contribution in [3.8, 4) is 16.8 Å². The first kappa shape index (κ1) is 11.7. The van der Waals surface area contributed by atoms with E-state index in [0.717, 1.165) is 11.3 Å². The number of aryl methyl sites for hydroxylation is 2. The molecule has 2 nitrogen and oxygen atoms in total. The highest BCUT2D eigenvalue weighted by Gasteiger charge is 2.06. The van der Waals surface area contributed by atoms with Crippen LogP contribution in [0.15, 0.2) is 60.9 Å². The summed E-state index contributed by atoms with van der Waals surface area (Å²) in [4.78, 5) is 0. The topological polar surface area (TPSA) is 17.8 Å². The number of hydrogen-bond acceptors (Lipinski definition) is 1. The highest BCUT2D eigenvalue weighted by Crippen LogP contribution is 2.24. The van der Waals surface area contributed by atoms with Crippen LogP contribution in [0.5, 0.6) is 0 Å². The summed E-state index contributed by atoms with van der Waals surface area (Å²) in [7, 11) is 0. The van der Waals surface area contributed by atoms with Gasteiger partial charge in [-0.05, 0) is 36.6 Å². The number of aromatic nitrogens is 2. The van der Waals surface area contributed by atoms with Crippen LogP contribution in [-0.2, 0) is 0 Å². The molecule has 0 bridgehead atoms. The third-order valence-electron chi connectivity index (χ3n) is 3.40. The molecule has 0 atom stereocenters. The highest BCUT2D eigenvalue weighted by atomic mass is 15.3. The van der Waals surface area contributed by atoms with Crippen LogP contribution in [-0.4, -0.2) is 9.78 Å². The summed E-state index contributed by atoms with van der Waals surface area (Å²) in [6.07, 6.45) is 4.01. The lowest BCUT2D eigenvalue weighted by Crippen LogP contribution is -1.96. The fourth-order valence-electron chi connectivity index (χ4n) is 2.31. The molecule has 3 aromatic rings. The molecule has 0 saturated heterocycles. The second-order valence-corrected chi connectivity index (χ2v) is 4.77. The van der Waals surface area contributed by atoms with Crippen LogP contribution < -0.4 is 0 Å². The van der Waals surface area contributed by atoms with Crippen molar-refractivity contribution < 1.29 is 0 Å². The van der Waals surface area contributed by atoms with E-state index in [1.165, 1.54) is 16.7 Å². The molecule has 19 heavy (non-hydrogen) atoms. The SMILES string of the molecule is Cc1ccccc1-c1cnn(-c2ccccc2C)c1. The van der Waals surface area contributed by atoms with Crippen molar-refractivity contribution in [1.29, 1.82) is 0 Å². The molecule has 2 heteroatoms. The Morgan fingerprint density at radius 3 is 2.26 bits per heavy atom. The van der Waals surface area contributed by atoms with E-state index in [1.807, 2.05) is 23.0 Å². The molecule has 1 aromatic heterocycles. The summed E-state index contributed by atoms with van der Waals surface area (Å²) in [6, 6.07) is 16.7. The van der Waals surface area contributed by atoms with Gasteiger partial charge < -0.3 is 0 Å². The summed E-state index contributed by atoms with van der Waals surface area (Å²) in [5, 5.41) is 4.48. The minimum absolute atomic E-state index is 1.13. The molecule has 0 aliphatic carbocycles. The molecule has 3 rings (SSSR count). The molecule has 0 unspecified atom stereocenters. The van der Waals surface area contributed by atoms with Gasteiger partial charge in [-0.2, -0.15) is 5.10 Å². The summed E-state index contributed by atoms with van der Waals surface area (Å²) in [5.74, 6) is 0. The Balaban J connectivity index is 2.06. The number of benzene rings is 2. The Morgan fingerprint density at radius 2 is 1.53 bits per heavy atom. The first-order chi connectivity index (χ1) is 9.25. The van der Waals surface area contributed by atoms with Gasteiger partial charge in [0.2, 0.25) is 0 Å². The lowest BCUT2D eigenvalue weighted by Gasteiger charge is -2.05. The van der Waals surface area contributed by atoms with Gasteiger partial charge in [-0.1, -0.05) is 42.5 Å². The molecule has 1 heterocycles. The number of hydrogen-bond donors (Lipinski definition) is 0. The van der Waals surface area contributed by atoms with E-state index in [4.69, 9.17) is 0 Å². The van der Waals surface area contributed by atoms with Crippen LogP contribution in [0.25, 0.3) is 16.8 Å². The minimum atomic E-state index is 1.13. The minimum Gasteiger partial charge on any atom is -0.240 e. The normalized spacial score (nSPS) is 10.6. The summed E-state index contributed by atoms with van der Waals surface area (Å²) in [5.41, 5.74) is 6.01. The fourth-order valence-corrected chi connectivity index (χ4v) is 2.31. The van der Waals surface area contributed by atoms with E-state index in [0.29, 0.717) is 0 Å². The predicted octanol–water partition coefficient (Wildman–Crippen LogP) is 4.16. The van der Waals surface area contributed by atoms with Crippen molar-refractivity contribution >= 4 is 0 Å². The molecule has 0 spiro atoms. The first-order valence-corrected chi connectivity index (χ1v) is 6.42. The molecular formula is C17H16N2. The summed E-state index contributed by atoms with van der Waals surface area (Å²) in [6.45, 7) is 4.23. The average Bonchev–Trinajstić information content (AvgIpc) is 2.89. The largest absolute Gasteiger partial charge is 0.240 e. The van der Waals surface area contributed by atoms with E-state index in [2.05, 4.69) is 61.5 Å².